The number of thioether (sulfide) groups is 1. The van der Waals surface area contributed by atoms with Gasteiger partial charge in [0.05, 0.1) is 0 Å². The highest BCUT2D eigenvalue weighted by Crippen LogP contribution is 2.20. The number of amides is 1. The molecule has 0 spiro atoms. The Morgan fingerprint density at radius 2 is 1.74 bits per heavy atom. The van der Waals surface area contributed by atoms with Crippen molar-refractivity contribution in [1.29, 1.82) is 0 Å². The molecule has 2 aromatic carbocycles. The molecule has 122 valence electrons. The number of benzene rings is 2. The van der Waals surface area contributed by atoms with Gasteiger partial charge < -0.3 is 5.32 Å². The Kier molecular flexibility index (Phi) is 6.66. The van der Waals surface area contributed by atoms with E-state index in [4.69, 9.17) is 0 Å². The first-order valence-corrected chi connectivity index (χ1v) is 8.90. The highest BCUT2D eigenvalue weighted by molar-refractivity contribution is 7.98. The quantitative estimate of drug-likeness (QED) is 0.716. The summed E-state index contributed by atoms with van der Waals surface area (Å²) in [7, 11) is 0. The fourth-order valence-electron chi connectivity index (χ4n) is 2.32. The van der Waals surface area contributed by atoms with E-state index in [1.54, 1.807) is 23.9 Å². The first kappa shape index (κ1) is 17.5. The van der Waals surface area contributed by atoms with Crippen LogP contribution in [-0.2, 0) is 10.5 Å². The summed E-state index contributed by atoms with van der Waals surface area (Å²) in [6.07, 6.45) is 1.35. The Hall–Kier alpha value is -1.81. The Labute approximate surface area is 141 Å². The minimum atomic E-state index is -0.207. The van der Waals surface area contributed by atoms with Crippen LogP contribution in [0.4, 0.5) is 10.1 Å². The molecule has 0 heterocycles. The van der Waals surface area contributed by atoms with E-state index in [1.165, 1.54) is 12.1 Å². The molecule has 23 heavy (non-hydrogen) atoms. The van der Waals surface area contributed by atoms with Crippen molar-refractivity contribution in [2.24, 2.45) is 0 Å². The second kappa shape index (κ2) is 8.73. The van der Waals surface area contributed by atoms with Gasteiger partial charge in [-0.25, -0.2) is 4.39 Å². The second-order valence-electron chi connectivity index (χ2n) is 5.60. The van der Waals surface area contributed by atoms with Crippen LogP contribution in [0.2, 0.25) is 0 Å². The Bertz CT molecular complexity index is 635. The molecule has 0 unspecified atom stereocenters. The summed E-state index contributed by atoms with van der Waals surface area (Å²) in [6.45, 7) is 4.00. The van der Waals surface area contributed by atoms with E-state index in [0.29, 0.717) is 6.42 Å². The van der Waals surface area contributed by atoms with Gasteiger partial charge in [-0.2, -0.15) is 11.8 Å². The molecule has 0 atom stereocenters. The number of aryl methyl sites for hydroxylation is 2. The molecule has 0 saturated heterocycles. The minimum absolute atomic E-state index is 0.0600. The number of hydrogen-bond donors (Lipinski definition) is 1. The van der Waals surface area contributed by atoms with Crippen LogP contribution in [0.1, 0.15) is 29.5 Å². The molecule has 2 nitrogen and oxygen atoms in total. The van der Waals surface area contributed by atoms with Crippen molar-refractivity contribution >= 4 is 23.4 Å². The van der Waals surface area contributed by atoms with Gasteiger partial charge in [0, 0.05) is 17.9 Å². The second-order valence-corrected chi connectivity index (χ2v) is 6.70. The minimum Gasteiger partial charge on any atom is -0.326 e. The zero-order chi connectivity index (χ0) is 16.7. The van der Waals surface area contributed by atoms with Crippen molar-refractivity contribution in [2.45, 2.75) is 32.4 Å². The van der Waals surface area contributed by atoms with Gasteiger partial charge in [0.1, 0.15) is 5.82 Å². The van der Waals surface area contributed by atoms with Crippen molar-refractivity contribution in [3.05, 3.63) is 65.0 Å². The number of hydrogen-bond acceptors (Lipinski definition) is 2. The number of carbonyl (C=O) groups excluding carboxylic acids is 1. The zero-order valence-corrected chi connectivity index (χ0v) is 14.4. The molecule has 0 bridgehead atoms. The van der Waals surface area contributed by atoms with Crippen molar-refractivity contribution in [3.63, 3.8) is 0 Å². The predicted octanol–water partition coefficient (Wildman–Crippen LogP) is 5.09. The smallest absolute Gasteiger partial charge is 0.224 e. The van der Waals surface area contributed by atoms with Crippen LogP contribution in [0.5, 0.6) is 0 Å². The molecule has 0 aliphatic carbocycles. The third kappa shape index (κ3) is 5.71. The van der Waals surface area contributed by atoms with E-state index >= 15 is 0 Å². The van der Waals surface area contributed by atoms with Crippen LogP contribution >= 0.6 is 11.8 Å². The third-order valence-electron chi connectivity index (χ3n) is 3.62. The lowest BCUT2D eigenvalue weighted by Crippen LogP contribution is -2.13. The molecule has 2 rings (SSSR count). The number of nitrogens with one attached hydrogen (secondary N) is 1. The summed E-state index contributed by atoms with van der Waals surface area (Å²) in [6, 6.07) is 12.6. The molecule has 2 aromatic rings. The third-order valence-corrected chi connectivity index (χ3v) is 4.73. The lowest BCUT2D eigenvalue weighted by molar-refractivity contribution is -0.116. The molecule has 0 fully saturated rings. The maximum Gasteiger partial charge on any atom is 0.224 e. The number of carbonyl (C=O) groups is 1. The summed E-state index contributed by atoms with van der Waals surface area (Å²) in [5, 5.41) is 3.00. The number of para-hydroxylation sites is 1. The van der Waals surface area contributed by atoms with Crippen molar-refractivity contribution in [3.8, 4) is 0 Å². The molecule has 0 saturated carbocycles. The number of rotatable bonds is 7. The molecule has 1 amide bonds. The fourth-order valence-corrected chi connectivity index (χ4v) is 3.24. The molecular weight excluding hydrogens is 309 g/mol. The van der Waals surface area contributed by atoms with E-state index < -0.39 is 0 Å². The van der Waals surface area contributed by atoms with Gasteiger partial charge in [0.25, 0.3) is 0 Å². The summed E-state index contributed by atoms with van der Waals surface area (Å²) < 4.78 is 12.8. The van der Waals surface area contributed by atoms with Gasteiger partial charge in [0.2, 0.25) is 5.91 Å². The fraction of sp³-hybridized carbons (Fsp3) is 0.316. The molecule has 0 aliphatic rings. The summed E-state index contributed by atoms with van der Waals surface area (Å²) >= 11 is 1.76. The van der Waals surface area contributed by atoms with Gasteiger partial charge in [0.15, 0.2) is 0 Å². The van der Waals surface area contributed by atoms with E-state index in [2.05, 4.69) is 5.32 Å². The van der Waals surface area contributed by atoms with Crippen LogP contribution in [0.15, 0.2) is 42.5 Å². The highest BCUT2D eigenvalue weighted by atomic mass is 32.2. The number of anilines is 1. The predicted molar refractivity (Wildman–Crippen MR) is 96.3 cm³/mol. The van der Waals surface area contributed by atoms with Gasteiger partial charge >= 0.3 is 0 Å². The lowest BCUT2D eigenvalue weighted by Gasteiger charge is -2.11. The Morgan fingerprint density at radius 1 is 1.09 bits per heavy atom. The average molecular weight is 331 g/mol. The largest absolute Gasteiger partial charge is 0.326 e. The van der Waals surface area contributed by atoms with Gasteiger partial charge in [-0.15, -0.1) is 0 Å². The van der Waals surface area contributed by atoms with E-state index in [0.717, 1.165) is 40.3 Å². The first-order valence-electron chi connectivity index (χ1n) is 7.74. The molecule has 0 aliphatic heterocycles. The van der Waals surface area contributed by atoms with Crippen LogP contribution in [0.3, 0.4) is 0 Å². The Balaban J connectivity index is 1.68. The van der Waals surface area contributed by atoms with E-state index in [-0.39, 0.29) is 11.7 Å². The van der Waals surface area contributed by atoms with Gasteiger partial charge in [-0.3, -0.25) is 4.79 Å². The molecular formula is C19H22FNOS. The summed E-state index contributed by atoms with van der Waals surface area (Å²) in [5.74, 6) is 1.61. The van der Waals surface area contributed by atoms with Gasteiger partial charge in [-0.1, -0.05) is 30.3 Å². The maximum absolute atomic E-state index is 12.8. The zero-order valence-electron chi connectivity index (χ0n) is 13.6. The van der Waals surface area contributed by atoms with Crippen LogP contribution in [0, 0.1) is 19.7 Å². The van der Waals surface area contributed by atoms with Crippen molar-refractivity contribution < 1.29 is 9.18 Å². The van der Waals surface area contributed by atoms with Crippen LogP contribution in [0.25, 0.3) is 0 Å². The van der Waals surface area contributed by atoms with Crippen molar-refractivity contribution in [2.75, 3.05) is 11.1 Å². The van der Waals surface area contributed by atoms with E-state index in [1.807, 2.05) is 32.0 Å². The highest BCUT2D eigenvalue weighted by Gasteiger charge is 2.07. The normalized spacial score (nSPS) is 10.6. The molecule has 0 radical (unpaired) electrons. The lowest BCUT2D eigenvalue weighted by atomic mass is 10.1. The van der Waals surface area contributed by atoms with Crippen molar-refractivity contribution in [1.82, 2.24) is 0 Å². The summed E-state index contributed by atoms with van der Waals surface area (Å²) in [4.78, 5) is 12.0. The first-order chi connectivity index (χ1) is 11.1. The average Bonchev–Trinajstić information content (AvgIpc) is 2.52. The molecule has 1 N–H and O–H groups in total. The van der Waals surface area contributed by atoms with Crippen LogP contribution in [-0.4, -0.2) is 11.7 Å². The summed E-state index contributed by atoms with van der Waals surface area (Å²) in [5.41, 5.74) is 4.21. The SMILES string of the molecule is Cc1cccc(C)c1NC(=O)CCCSCc1ccc(F)cc1. The maximum atomic E-state index is 12.8. The monoisotopic (exact) mass is 331 g/mol. The van der Waals surface area contributed by atoms with E-state index in [9.17, 15) is 9.18 Å². The van der Waals surface area contributed by atoms with Crippen LogP contribution < -0.4 is 5.32 Å². The number of halogens is 1. The Morgan fingerprint density at radius 3 is 2.39 bits per heavy atom. The topological polar surface area (TPSA) is 29.1 Å². The molecule has 4 heteroatoms. The van der Waals surface area contributed by atoms with Gasteiger partial charge in [-0.05, 0) is 54.8 Å². The standard InChI is InChI=1S/C19H22FNOS/c1-14-5-3-6-15(2)19(14)21-18(22)7-4-12-23-13-16-8-10-17(20)11-9-16/h3,5-6,8-11H,4,7,12-13H2,1-2H3,(H,21,22). The molecule has 0 aromatic heterocycles.